The van der Waals surface area contributed by atoms with Crippen molar-refractivity contribution in [2.75, 3.05) is 24.0 Å². The number of carbonyl (C=O) groups is 2. The van der Waals surface area contributed by atoms with E-state index >= 15 is 0 Å². The van der Waals surface area contributed by atoms with E-state index in [2.05, 4.69) is 20.3 Å². The van der Waals surface area contributed by atoms with Crippen LogP contribution in [0, 0.1) is 0 Å². The first-order valence-electron chi connectivity index (χ1n) is 8.90. The lowest BCUT2D eigenvalue weighted by molar-refractivity contribution is -0.113. The van der Waals surface area contributed by atoms with Crippen LogP contribution in [0.3, 0.4) is 0 Å². The Balaban J connectivity index is 1.56. The number of hydrogen-bond acceptors (Lipinski definition) is 7. The first kappa shape index (κ1) is 19.2. The van der Waals surface area contributed by atoms with Crippen molar-refractivity contribution in [1.29, 1.82) is 0 Å². The molecule has 1 saturated carbocycles. The number of aromatic nitrogens is 3. The van der Waals surface area contributed by atoms with Gasteiger partial charge in [0.2, 0.25) is 11.1 Å². The topological polar surface area (TPSA) is 112 Å². The number of thioether (sulfide) groups is 1. The van der Waals surface area contributed by atoms with Crippen LogP contribution in [0.4, 0.5) is 5.69 Å². The number of esters is 1. The van der Waals surface area contributed by atoms with Gasteiger partial charge in [0, 0.05) is 11.6 Å². The van der Waals surface area contributed by atoms with Gasteiger partial charge in [-0.2, -0.15) is 0 Å². The van der Waals surface area contributed by atoms with Crippen molar-refractivity contribution in [3.05, 3.63) is 35.7 Å². The Hall–Kier alpha value is -2.55. The summed E-state index contributed by atoms with van der Waals surface area (Å²) in [5.74, 6) is 6.74. The minimum absolute atomic E-state index is 0.141. The fourth-order valence-electron chi connectivity index (χ4n) is 3.19. The van der Waals surface area contributed by atoms with E-state index in [0.29, 0.717) is 22.3 Å². The molecule has 3 rings (SSSR count). The predicted octanol–water partition coefficient (Wildman–Crippen LogP) is 2.56. The molecule has 0 radical (unpaired) electrons. The average Bonchev–Trinajstić information content (AvgIpc) is 3.07. The molecule has 0 aliphatic heterocycles. The Labute approximate surface area is 161 Å². The molecule has 1 aromatic heterocycles. The van der Waals surface area contributed by atoms with Gasteiger partial charge in [0.15, 0.2) is 5.82 Å². The first-order chi connectivity index (χ1) is 13.1. The highest BCUT2D eigenvalue weighted by atomic mass is 32.2. The van der Waals surface area contributed by atoms with Crippen LogP contribution >= 0.6 is 11.8 Å². The number of rotatable bonds is 6. The third-order valence-electron chi connectivity index (χ3n) is 4.56. The van der Waals surface area contributed by atoms with E-state index in [1.165, 1.54) is 42.8 Å². The van der Waals surface area contributed by atoms with Crippen LogP contribution in [-0.2, 0) is 9.53 Å². The molecule has 0 spiro atoms. The van der Waals surface area contributed by atoms with Crippen LogP contribution in [0.25, 0.3) is 0 Å². The molecule has 1 aliphatic carbocycles. The van der Waals surface area contributed by atoms with Crippen molar-refractivity contribution in [3.8, 4) is 0 Å². The summed E-state index contributed by atoms with van der Waals surface area (Å²) in [5, 5.41) is 11.6. The lowest BCUT2D eigenvalue weighted by Crippen LogP contribution is -2.19. The summed E-state index contributed by atoms with van der Waals surface area (Å²) in [6, 6.07) is 6.59. The van der Waals surface area contributed by atoms with Crippen molar-refractivity contribution >= 4 is 29.3 Å². The summed E-state index contributed by atoms with van der Waals surface area (Å²) in [7, 11) is 1.31. The maximum atomic E-state index is 12.2. The van der Waals surface area contributed by atoms with Crippen LogP contribution in [0.15, 0.2) is 29.4 Å². The zero-order valence-corrected chi connectivity index (χ0v) is 16.0. The van der Waals surface area contributed by atoms with Crippen molar-refractivity contribution in [3.63, 3.8) is 0 Å². The predicted molar refractivity (Wildman–Crippen MR) is 103 cm³/mol. The summed E-state index contributed by atoms with van der Waals surface area (Å²) in [5.41, 5.74) is 0.905. The quantitative estimate of drug-likeness (QED) is 0.443. The number of nitrogens with zero attached hydrogens (tertiary/aromatic N) is 3. The minimum atomic E-state index is -0.452. The van der Waals surface area contributed by atoms with Gasteiger partial charge in [0.05, 0.1) is 18.4 Å². The van der Waals surface area contributed by atoms with Gasteiger partial charge in [0.25, 0.3) is 0 Å². The molecule has 144 valence electrons. The van der Waals surface area contributed by atoms with Crippen molar-refractivity contribution in [1.82, 2.24) is 14.9 Å². The monoisotopic (exact) mass is 389 g/mol. The zero-order chi connectivity index (χ0) is 19.2. The fraction of sp³-hybridized carbons (Fsp3) is 0.444. The van der Waals surface area contributed by atoms with Crippen LogP contribution in [0.1, 0.15) is 54.2 Å². The number of hydrogen-bond donors (Lipinski definition) is 2. The number of ether oxygens (including phenoxy) is 1. The standard InChI is InChI=1S/C18H23N5O3S/c1-26-17(25)13-8-5-9-14(10-13)20-15(24)11-27-18-22-21-16(23(18)19)12-6-3-2-4-7-12/h5,8-10,12H,2-4,6-7,11,19H2,1H3,(H,20,24). The molecule has 0 saturated heterocycles. The smallest absolute Gasteiger partial charge is 0.337 e. The Kier molecular flexibility index (Phi) is 6.33. The summed E-state index contributed by atoms with van der Waals surface area (Å²) in [4.78, 5) is 23.8. The van der Waals surface area contributed by atoms with Gasteiger partial charge >= 0.3 is 5.97 Å². The third-order valence-corrected chi connectivity index (χ3v) is 5.50. The molecule has 3 N–H and O–H groups in total. The van der Waals surface area contributed by atoms with Gasteiger partial charge in [-0.05, 0) is 31.0 Å². The van der Waals surface area contributed by atoms with Crippen molar-refractivity contribution < 1.29 is 14.3 Å². The van der Waals surface area contributed by atoms with Crippen LogP contribution in [0.2, 0.25) is 0 Å². The Morgan fingerprint density at radius 2 is 2.07 bits per heavy atom. The van der Waals surface area contributed by atoms with Gasteiger partial charge < -0.3 is 15.9 Å². The highest BCUT2D eigenvalue weighted by Crippen LogP contribution is 2.32. The minimum Gasteiger partial charge on any atom is -0.465 e. The number of anilines is 1. The second kappa shape index (κ2) is 8.90. The molecular weight excluding hydrogens is 366 g/mol. The van der Waals surface area contributed by atoms with Gasteiger partial charge in [-0.1, -0.05) is 37.1 Å². The van der Waals surface area contributed by atoms with Crippen LogP contribution in [0.5, 0.6) is 0 Å². The number of methoxy groups -OCH3 is 1. The number of nitrogens with one attached hydrogen (secondary N) is 1. The van der Waals surface area contributed by atoms with Gasteiger partial charge in [-0.3, -0.25) is 4.79 Å². The molecule has 2 aromatic rings. The lowest BCUT2D eigenvalue weighted by atomic mass is 9.89. The number of nitrogens with two attached hydrogens (primary N) is 1. The van der Waals surface area contributed by atoms with E-state index in [1.54, 1.807) is 24.3 Å². The summed E-state index contributed by atoms with van der Waals surface area (Å²) in [6.07, 6.45) is 5.79. The van der Waals surface area contributed by atoms with E-state index in [4.69, 9.17) is 5.84 Å². The zero-order valence-electron chi connectivity index (χ0n) is 15.2. The molecule has 1 fully saturated rings. The molecule has 1 aliphatic rings. The van der Waals surface area contributed by atoms with Crippen molar-refractivity contribution in [2.45, 2.75) is 43.2 Å². The van der Waals surface area contributed by atoms with Gasteiger partial charge in [-0.15, -0.1) is 10.2 Å². The molecule has 9 heteroatoms. The molecular formula is C18H23N5O3S. The van der Waals surface area contributed by atoms with E-state index in [1.807, 2.05) is 0 Å². The number of benzene rings is 1. The second-order valence-corrected chi connectivity index (χ2v) is 7.40. The number of amides is 1. The maximum Gasteiger partial charge on any atom is 0.337 e. The summed E-state index contributed by atoms with van der Waals surface area (Å²) >= 11 is 1.23. The van der Waals surface area contributed by atoms with Crippen molar-refractivity contribution in [2.24, 2.45) is 0 Å². The van der Waals surface area contributed by atoms with Gasteiger partial charge in [-0.25, -0.2) is 9.47 Å². The fourth-order valence-corrected chi connectivity index (χ4v) is 3.86. The van der Waals surface area contributed by atoms with Crippen LogP contribution in [-0.4, -0.2) is 39.6 Å². The highest BCUT2D eigenvalue weighted by Gasteiger charge is 2.22. The summed E-state index contributed by atoms with van der Waals surface area (Å²) in [6.45, 7) is 0. The molecule has 0 bridgehead atoms. The Morgan fingerprint density at radius 1 is 1.30 bits per heavy atom. The molecule has 0 atom stereocenters. The first-order valence-corrected chi connectivity index (χ1v) is 9.88. The van der Waals surface area contributed by atoms with Gasteiger partial charge in [0.1, 0.15) is 0 Å². The maximum absolute atomic E-state index is 12.2. The molecule has 0 unspecified atom stereocenters. The Morgan fingerprint density at radius 3 is 2.81 bits per heavy atom. The van der Waals surface area contributed by atoms with E-state index < -0.39 is 5.97 Å². The highest BCUT2D eigenvalue weighted by molar-refractivity contribution is 7.99. The molecule has 1 amide bonds. The largest absolute Gasteiger partial charge is 0.465 e. The Bertz CT molecular complexity index is 817. The summed E-state index contributed by atoms with van der Waals surface area (Å²) < 4.78 is 6.19. The third kappa shape index (κ3) is 4.79. The van der Waals surface area contributed by atoms with E-state index in [-0.39, 0.29) is 11.7 Å². The molecule has 1 aromatic carbocycles. The second-order valence-electron chi connectivity index (χ2n) is 6.45. The van der Waals surface area contributed by atoms with Crippen LogP contribution < -0.4 is 11.2 Å². The van der Waals surface area contributed by atoms with E-state index in [0.717, 1.165) is 18.7 Å². The molecule has 27 heavy (non-hydrogen) atoms. The number of nitrogen functional groups attached to an aromatic ring is 1. The SMILES string of the molecule is COC(=O)c1cccc(NC(=O)CSc2nnc(C3CCCCC3)n2N)c1. The molecule has 8 nitrogen and oxygen atoms in total. The normalized spacial score (nSPS) is 14.7. The molecule has 1 heterocycles. The lowest BCUT2D eigenvalue weighted by Gasteiger charge is -2.20. The van der Waals surface area contributed by atoms with E-state index in [9.17, 15) is 9.59 Å². The number of carbonyl (C=O) groups excluding carboxylic acids is 2. The average molecular weight is 389 g/mol.